The topological polar surface area (TPSA) is 64.6 Å². The summed E-state index contributed by atoms with van der Waals surface area (Å²) in [6, 6.07) is 7.68. The van der Waals surface area contributed by atoms with Crippen molar-refractivity contribution in [2.24, 2.45) is 0 Å². The van der Waals surface area contributed by atoms with Crippen molar-refractivity contribution in [1.82, 2.24) is 10.2 Å². The van der Waals surface area contributed by atoms with Gasteiger partial charge in [0.05, 0.1) is 5.60 Å². The fourth-order valence-electron chi connectivity index (χ4n) is 2.59. The predicted molar refractivity (Wildman–Crippen MR) is 79.7 cm³/mol. The lowest BCUT2D eigenvalue weighted by Gasteiger charge is -2.27. The summed E-state index contributed by atoms with van der Waals surface area (Å²) in [5.41, 5.74) is 1.25. The number of para-hydroxylation sites is 1. The molecule has 3 N–H and O–H groups in total. The van der Waals surface area contributed by atoms with Crippen molar-refractivity contribution in [2.75, 3.05) is 32.5 Å². The van der Waals surface area contributed by atoms with Gasteiger partial charge in [-0.1, -0.05) is 18.2 Å². The molecule has 1 heterocycles. The number of nitrogens with zero attached hydrogens (tertiary/aromatic N) is 1. The van der Waals surface area contributed by atoms with Gasteiger partial charge in [-0.2, -0.15) is 0 Å². The maximum atomic E-state index is 12.1. The number of hydrogen-bond acceptors (Lipinski definition) is 4. The average Bonchev–Trinajstić information content (AvgIpc) is 2.78. The normalized spacial score (nSPS) is 20.1. The summed E-state index contributed by atoms with van der Waals surface area (Å²) in [5, 5.41) is 16.2. The third-order valence-corrected chi connectivity index (χ3v) is 3.39. The summed E-state index contributed by atoms with van der Waals surface area (Å²) in [5.74, 6) is -0.0692. The van der Waals surface area contributed by atoms with Crippen molar-refractivity contribution in [3.05, 3.63) is 29.8 Å². The Morgan fingerprint density at radius 3 is 2.85 bits per heavy atom. The van der Waals surface area contributed by atoms with Crippen LogP contribution in [0, 0.1) is 0 Å². The van der Waals surface area contributed by atoms with Gasteiger partial charge in [-0.05, 0) is 32.6 Å². The highest BCUT2D eigenvalue weighted by Crippen LogP contribution is 2.25. The summed E-state index contributed by atoms with van der Waals surface area (Å²) >= 11 is 0. The summed E-state index contributed by atoms with van der Waals surface area (Å²) in [7, 11) is 3.79. The van der Waals surface area contributed by atoms with Crippen molar-refractivity contribution in [2.45, 2.75) is 25.0 Å². The molecular formula is C15H23N3O2. The van der Waals surface area contributed by atoms with Gasteiger partial charge in [-0.25, -0.2) is 0 Å². The minimum Gasteiger partial charge on any atom is -0.387 e. The zero-order valence-corrected chi connectivity index (χ0v) is 12.3. The van der Waals surface area contributed by atoms with E-state index in [1.54, 1.807) is 6.92 Å². The molecule has 0 radical (unpaired) electrons. The van der Waals surface area contributed by atoms with E-state index in [4.69, 9.17) is 0 Å². The molecule has 2 unspecified atom stereocenters. The van der Waals surface area contributed by atoms with E-state index in [0.29, 0.717) is 13.0 Å². The summed E-state index contributed by atoms with van der Waals surface area (Å²) in [6.45, 7) is 2.48. The predicted octanol–water partition coefficient (Wildman–Crippen LogP) is 0.452. The first kappa shape index (κ1) is 14.8. The van der Waals surface area contributed by atoms with Gasteiger partial charge in [-0.3, -0.25) is 4.79 Å². The number of fused-ring (bicyclic) bond motifs is 1. The number of anilines is 1. The molecule has 0 saturated heterocycles. The summed E-state index contributed by atoms with van der Waals surface area (Å²) < 4.78 is 0. The fourth-order valence-corrected chi connectivity index (χ4v) is 2.59. The quantitative estimate of drug-likeness (QED) is 0.731. The molecule has 0 aliphatic carbocycles. The van der Waals surface area contributed by atoms with Crippen LogP contribution < -0.4 is 10.6 Å². The van der Waals surface area contributed by atoms with Gasteiger partial charge < -0.3 is 20.6 Å². The molecule has 2 rings (SSSR count). The first-order valence-electron chi connectivity index (χ1n) is 6.87. The molecule has 110 valence electrons. The Kier molecular flexibility index (Phi) is 4.30. The smallest absolute Gasteiger partial charge is 0.242 e. The molecule has 0 bridgehead atoms. The van der Waals surface area contributed by atoms with Crippen LogP contribution in [-0.2, 0) is 11.2 Å². The van der Waals surface area contributed by atoms with E-state index in [-0.39, 0.29) is 18.5 Å². The molecule has 1 aromatic rings. The standard InChI is InChI=1S/C15H23N3O2/c1-15(20,10-18(2)3)9-16-14(19)13-8-11-6-4-5-7-12(11)17-13/h4-7,13,17,20H,8-10H2,1-3H3,(H,16,19). The monoisotopic (exact) mass is 277 g/mol. The second-order valence-electron chi connectivity index (χ2n) is 6.01. The lowest BCUT2D eigenvalue weighted by atomic mass is 10.1. The molecule has 1 aliphatic rings. The SMILES string of the molecule is CN(C)CC(C)(O)CNC(=O)C1Cc2ccccc2N1. The Hall–Kier alpha value is -1.59. The van der Waals surface area contributed by atoms with Crippen LogP contribution in [0.15, 0.2) is 24.3 Å². The average molecular weight is 277 g/mol. The molecule has 1 aromatic carbocycles. The number of aliphatic hydroxyl groups is 1. The molecule has 1 amide bonds. The maximum Gasteiger partial charge on any atom is 0.242 e. The first-order chi connectivity index (χ1) is 9.37. The van der Waals surface area contributed by atoms with E-state index in [0.717, 1.165) is 11.3 Å². The Bertz CT molecular complexity index is 461. The third-order valence-electron chi connectivity index (χ3n) is 3.39. The van der Waals surface area contributed by atoms with Crippen molar-refractivity contribution in [3.63, 3.8) is 0 Å². The highest BCUT2D eigenvalue weighted by atomic mass is 16.3. The van der Waals surface area contributed by atoms with Crippen LogP contribution in [0.4, 0.5) is 5.69 Å². The molecule has 20 heavy (non-hydrogen) atoms. The molecule has 2 atom stereocenters. The van der Waals surface area contributed by atoms with Crippen LogP contribution in [0.1, 0.15) is 12.5 Å². The van der Waals surface area contributed by atoms with E-state index in [9.17, 15) is 9.90 Å². The van der Waals surface area contributed by atoms with Gasteiger partial charge >= 0.3 is 0 Å². The van der Waals surface area contributed by atoms with E-state index in [1.807, 2.05) is 43.3 Å². The number of nitrogens with one attached hydrogen (secondary N) is 2. The highest BCUT2D eigenvalue weighted by molar-refractivity contribution is 5.87. The van der Waals surface area contributed by atoms with Gasteiger partial charge in [0.2, 0.25) is 5.91 Å². The van der Waals surface area contributed by atoms with Crippen molar-refractivity contribution >= 4 is 11.6 Å². The lowest BCUT2D eigenvalue weighted by molar-refractivity contribution is -0.123. The van der Waals surface area contributed by atoms with E-state index >= 15 is 0 Å². The lowest BCUT2D eigenvalue weighted by Crippen LogP contribution is -2.50. The van der Waals surface area contributed by atoms with Crippen LogP contribution in [0.5, 0.6) is 0 Å². The van der Waals surface area contributed by atoms with Crippen LogP contribution in [0.3, 0.4) is 0 Å². The molecule has 0 aromatic heterocycles. The van der Waals surface area contributed by atoms with Gasteiger partial charge in [-0.15, -0.1) is 0 Å². The van der Waals surface area contributed by atoms with Crippen LogP contribution in [0.25, 0.3) is 0 Å². The number of benzene rings is 1. The number of rotatable bonds is 5. The number of amides is 1. The molecular weight excluding hydrogens is 254 g/mol. The molecule has 5 nitrogen and oxygen atoms in total. The van der Waals surface area contributed by atoms with Gasteiger partial charge in [0.15, 0.2) is 0 Å². The Morgan fingerprint density at radius 2 is 2.20 bits per heavy atom. The van der Waals surface area contributed by atoms with Gasteiger partial charge in [0, 0.05) is 25.2 Å². The minimum absolute atomic E-state index is 0.0692. The largest absolute Gasteiger partial charge is 0.387 e. The van der Waals surface area contributed by atoms with E-state index in [1.165, 1.54) is 0 Å². The second-order valence-corrected chi connectivity index (χ2v) is 6.01. The third kappa shape index (κ3) is 3.71. The zero-order valence-electron chi connectivity index (χ0n) is 12.3. The zero-order chi connectivity index (χ0) is 14.8. The Labute approximate surface area is 120 Å². The van der Waals surface area contributed by atoms with Crippen LogP contribution >= 0.6 is 0 Å². The van der Waals surface area contributed by atoms with Crippen LogP contribution in [-0.4, -0.2) is 54.7 Å². The second kappa shape index (κ2) is 5.81. The van der Waals surface area contributed by atoms with Crippen molar-refractivity contribution < 1.29 is 9.90 Å². The van der Waals surface area contributed by atoms with E-state index < -0.39 is 5.60 Å². The van der Waals surface area contributed by atoms with Gasteiger partial charge in [0.25, 0.3) is 0 Å². The van der Waals surface area contributed by atoms with Crippen LogP contribution in [0.2, 0.25) is 0 Å². The van der Waals surface area contributed by atoms with Crippen molar-refractivity contribution in [1.29, 1.82) is 0 Å². The molecule has 0 saturated carbocycles. The molecule has 5 heteroatoms. The van der Waals surface area contributed by atoms with E-state index in [2.05, 4.69) is 10.6 Å². The summed E-state index contributed by atoms with van der Waals surface area (Å²) in [4.78, 5) is 14.0. The minimum atomic E-state index is -0.926. The molecule has 0 spiro atoms. The number of likely N-dealkylation sites (N-methyl/N-ethyl adjacent to an activating group) is 1. The van der Waals surface area contributed by atoms with Gasteiger partial charge in [0.1, 0.15) is 6.04 Å². The Morgan fingerprint density at radius 1 is 1.50 bits per heavy atom. The highest BCUT2D eigenvalue weighted by Gasteiger charge is 2.28. The Balaban J connectivity index is 1.85. The fraction of sp³-hybridized carbons (Fsp3) is 0.533. The number of carbonyl (C=O) groups excluding carboxylic acids is 1. The molecule has 0 fully saturated rings. The molecule has 1 aliphatic heterocycles. The van der Waals surface area contributed by atoms with Crippen molar-refractivity contribution in [3.8, 4) is 0 Å². The number of hydrogen-bond donors (Lipinski definition) is 3. The summed E-state index contributed by atoms with van der Waals surface area (Å²) in [6.07, 6.45) is 0.692. The maximum absolute atomic E-state index is 12.1. The first-order valence-corrected chi connectivity index (χ1v) is 6.87. The number of carbonyl (C=O) groups is 1.